The molecular formula is C14H26N2O3. The van der Waals surface area contributed by atoms with Crippen molar-refractivity contribution in [2.75, 3.05) is 34.4 Å². The average Bonchev–Trinajstić information content (AvgIpc) is 2.38. The lowest BCUT2D eigenvalue weighted by atomic mass is 9.85. The molecule has 0 radical (unpaired) electrons. The van der Waals surface area contributed by atoms with Gasteiger partial charge in [-0.05, 0) is 26.9 Å². The third kappa shape index (κ3) is 6.05. The highest BCUT2D eigenvalue weighted by Crippen LogP contribution is 2.25. The first-order valence-electron chi connectivity index (χ1n) is 7.06. The van der Waals surface area contributed by atoms with Gasteiger partial charge in [0.1, 0.15) is 12.4 Å². The molecule has 0 aliphatic heterocycles. The highest BCUT2D eigenvalue weighted by molar-refractivity contribution is 5.81. The van der Waals surface area contributed by atoms with Gasteiger partial charge >= 0.3 is 6.09 Å². The van der Waals surface area contributed by atoms with Crippen molar-refractivity contribution in [3.8, 4) is 0 Å². The lowest BCUT2D eigenvalue weighted by Gasteiger charge is -2.22. The number of carbonyl (C=O) groups excluding carboxylic acids is 2. The molecule has 0 N–H and O–H groups in total. The number of hydrogen-bond donors (Lipinski definition) is 0. The minimum Gasteiger partial charge on any atom is -0.449 e. The zero-order chi connectivity index (χ0) is 14.3. The number of Topliss-reactive ketones (excluding diaryl/α,β-unsaturated/α-hetero) is 1. The van der Waals surface area contributed by atoms with E-state index < -0.39 is 0 Å². The van der Waals surface area contributed by atoms with Crippen LogP contribution in [0.5, 0.6) is 0 Å². The molecule has 0 atom stereocenters. The summed E-state index contributed by atoms with van der Waals surface area (Å²) in [7, 11) is 5.46. The predicted molar refractivity (Wildman–Crippen MR) is 73.9 cm³/mol. The molecule has 1 saturated carbocycles. The highest BCUT2D eigenvalue weighted by Gasteiger charge is 2.21. The van der Waals surface area contributed by atoms with Gasteiger partial charge in [0.25, 0.3) is 0 Å². The Hall–Kier alpha value is -1.10. The molecule has 19 heavy (non-hydrogen) atoms. The number of ketones is 1. The molecule has 110 valence electrons. The van der Waals surface area contributed by atoms with Gasteiger partial charge in [-0.1, -0.05) is 19.3 Å². The number of ether oxygens (including phenoxy) is 1. The summed E-state index contributed by atoms with van der Waals surface area (Å²) in [6.07, 6.45) is 5.55. The van der Waals surface area contributed by atoms with Crippen molar-refractivity contribution in [2.24, 2.45) is 5.92 Å². The standard InChI is InChI=1S/C14H26N2O3/c1-15(2)11-16(3)14(18)19-10-9-13(17)12-7-5-4-6-8-12/h12H,4-11H2,1-3H3. The fraction of sp³-hybridized carbons (Fsp3) is 0.857. The number of hydrogen-bond acceptors (Lipinski definition) is 4. The Balaban J connectivity index is 2.18. The molecule has 1 rings (SSSR count). The van der Waals surface area contributed by atoms with Crippen molar-refractivity contribution in [1.29, 1.82) is 0 Å². The Morgan fingerprint density at radius 1 is 1.11 bits per heavy atom. The van der Waals surface area contributed by atoms with E-state index >= 15 is 0 Å². The topological polar surface area (TPSA) is 49.9 Å². The van der Waals surface area contributed by atoms with Crippen LogP contribution in [-0.2, 0) is 9.53 Å². The Morgan fingerprint density at radius 2 is 1.74 bits per heavy atom. The minimum atomic E-state index is -0.370. The van der Waals surface area contributed by atoms with E-state index in [2.05, 4.69) is 0 Å². The largest absolute Gasteiger partial charge is 0.449 e. The summed E-state index contributed by atoms with van der Waals surface area (Å²) in [6.45, 7) is 0.710. The van der Waals surface area contributed by atoms with Crippen molar-refractivity contribution < 1.29 is 14.3 Å². The fourth-order valence-corrected chi connectivity index (χ4v) is 2.46. The van der Waals surface area contributed by atoms with Crippen LogP contribution >= 0.6 is 0 Å². The third-order valence-electron chi connectivity index (χ3n) is 3.44. The predicted octanol–water partition coefficient (Wildman–Crippen LogP) is 2.11. The molecule has 1 aliphatic carbocycles. The van der Waals surface area contributed by atoms with Gasteiger partial charge in [0.2, 0.25) is 0 Å². The van der Waals surface area contributed by atoms with Crippen LogP contribution in [0, 0.1) is 5.92 Å². The molecule has 0 bridgehead atoms. The molecule has 1 aliphatic rings. The highest BCUT2D eigenvalue weighted by atomic mass is 16.6. The maximum Gasteiger partial charge on any atom is 0.410 e. The second kappa shape index (κ2) is 8.15. The van der Waals surface area contributed by atoms with Crippen LogP contribution in [0.1, 0.15) is 38.5 Å². The molecule has 0 saturated heterocycles. The first kappa shape index (κ1) is 16.0. The van der Waals surface area contributed by atoms with Crippen molar-refractivity contribution in [1.82, 2.24) is 9.80 Å². The van der Waals surface area contributed by atoms with Crippen LogP contribution < -0.4 is 0 Å². The smallest absolute Gasteiger partial charge is 0.410 e. The van der Waals surface area contributed by atoms with Crippen molar-refractivity contribution in [2.45, 2.75) is 38.5 Å². The second-order valence-electron chi connectivity index (χ2n) is 5.58. The van der Waals surface area contributed by atoms with E-state index in [0.29, 0.717) is 13.1 Å². The van der Waals surface area contributed by atoms with E-state index in [0.717, 1.165) is 25.7 Å². The lowest BCUT2D eigenvalue weighted by molar-refractivity contribution is -0.124. The van der Waals surface area contributed by atoms with E-state index in [1.807, 2.05) is 19.0 Å². The molecular weight excluding hydrogens is 244 g/mol. The summed E-state index contributed by atoms with van der Waals surface area (Å²) in [5, 5.41) is 0. The molecule has 0 aromatic rings. The zero-order valence-corrected chi connectivity index (χ0v) is 12.4. The second-order valence-corrected chi connectivity index (χ2v) is 5.58. The normalized spacial score (nSPS) is 16.4. The third-order valence-corrected chi connectivity index (χ3v) is 3.44. The summed E-state index contributed by atoms with van der Waals surface area (Å²) in [6, 6.07) is 0. The molecule has 0 heterocycles. The van der Waals surface area contributed by atoms with Gasteiger partial charge in [0.15, 0.2) is 0 Å². The molecule has 1 amide bonds. The van der Waals surface area contributed by atoms with Crippen LogP contribution in [0.2, 0.25) is 0 Å². The minimum absolute atomic E-state index is 0.200. The molecule has 0 aromatic heterocycles. The number of amides is 1. The maximum absolute atomic E-state index is 11.9. The fourth-order valence-electron chi connectivity index (χ4n) is 2.46. The summed E-state index contributed by atoms with van der Waals surface area (Å²) in [4.78, 5) is 26.9. The van der Waals surface area contributed by atoms with Gasteiger partial charge in [0, 0.05) is 19.4 Å². The number of carbonyl (C=O) groups is 2. The van der Waals surface area contributed by atoms with E-state index in [1.54, 1.807) is 7.05 Å². The Kier molecular flexibility index (Phi) is 6.84. The van der Waals surface area contributed by atoms with E-state index in [9.17, 15) is 9.59 Å². The Bertz CT molecular complexity index is 299. The van der Waals surface area contributed by atoms with Crippen LogP contribution in [0.25, 0.3) is 0 Å². The van der Waals surface area contributed by atoms with Gasteiger partial charge in [0.05, 0.1) is 6.67 Å². The summed E-state index contributed by atoms with van der Waals surface area (Å²) in [5.41, 5.74) is 0. The average molecular weight is 270 g/mol. The molecule has 1 fully saturated rings. The van der Waals surface area contributed by atoms with Crippen LogP contribution in [0.4, 0.5) is 4.79 Å². The van der Waals surface area contributed by atoms with Gasteiger partial charge in [-0.2, -0.15) is 0 Å². The SMILES string of the molecule is CN(C)CN(C)C(=O)OCCC(=O)C1CCCCC1. The Morgan fingerprint density at radius 3 is 2.32 bits per heavy atom. The van der Waals surface area contributed by atoms with Crippen molar-refractivity contribution in [3.05, 3.63) is 0 Å². The molecule has 0 unspecified atom stereocenters. The van der Waals surface area contributed by atoms with Gasteiger partial charge < -0.3 is 4.74 Å². The van der Waals surface area contributed by atoms with E-state index in [1.165, 1.54) is 11.3 Å². The summed E-state index contributed by atoms with van der Waals surface area (Å²) < 4.78 is 5.11. The number of nitrogens with zero attached hydrogens (tertiary/aromatic N) is 2. The van der Waals surface area contributed by atoms with Crippen LogP contribution in [0.15, 0.2) is 0 Å². The van der Waals surface area contributed by atoms with Crippen molar-refractivity contribution in [3.63, 3.8) is 0 Å². The lowest BCUT2D eigenvalue weighted by Crippen LogP contribution is -2.36. The van der Waals surface area contributed by atoms with Gasteiger partial charge in [-0.15, -0.1) is 0 Å². The first-order valence-corrected chi connectivity index (χ1v) is 7.06. The first-order chi connectivity index (χ1) is 9.00. The van der Waals surface area contributed by atoms with Crippen molar-refractivity contribution >= 4 is 11.9 Å². The summed E-state index contributed by atoms with van der Waals surface area (Å²) >= 11 is 0. The number of rotatable bonds is 6. The van der Waals surface area contributed by atoms with E-state index in [4.69, 9.17) is 4.74 Å². The van der Waals surface area contributed by atoms with Crippen LogP contribution in [-0.4, -0.2) is 56.1 Å². The van der Waals surface area contributed by atoms with Gasteiger partial charge in [-0.3, -0.25) is 14.6 Å². The maximum atomic E-state index is 11.9. The zero-order valence-electron chi connectivity index (χ0n) is 12.4. The van der Waals surface area contributed by atoms with Crippen LogP contribution in [0.3, 0.4) is 0 Å². The molecule has 0 spiro atoms. The Labute approximate surface area is 115 Å². The molecule has 0 aromatic carbocycles. The summed E-state index contributed by atoms with van der Waals surface area (Å²) in [5.74, 6) is 0.453. The van der Waals surface area contributed by atoms with E-state index in [-0.39, 0.29) is 24.4 Å². The monoisotopic (exact) mass is 270 g/mol. The quantitative estimate of drug-likeness (QED) is 0.694. The molecule has 5 nitrogen and oxygen atoms in total. The molecule has 5 heteroatoms. The van der Waals surface area contributed by atoms with Gasteiger partial charge in [-0.25, -0.2) is 4.79 Å².